The van der Waals surface area contributed by atoms with Crippen molar-refractivity contribution < 1.29 is 4.79 Å². The van der Waals surface area contributed by atoms with E-state index in [1.165, 1.54) is 11.3 Å². The van der Waals surface area contributed by atoms with Gasteiger partial charge in [0.1, 0.15) is 6.07 Å². The predicted octanol–water partition coefficient (Wildman–Crippen LogP) is 6.58. The van der Waals surface area contributed by atoms with Crippen molar-refractivity contribution in [2.24, 2.45) is 0 Å². The summed E-state index contributed by atoms with van der Waals surface area (Å²) in [5.74, 6) is -0.0954. The van der Waals surface area contributed by atoms with E-state index in [2.05, 4.69) is 6.07 Å². The Hall–Kier alpha value is -3.39. The molecule has 3 nitrogen and oxygen atoms in total. The molecule has 0 aliphatic carbocycles. The minimum Gasteiger partial charge on any atom is -0.312 e. The van der Waals surface area contributed by atoms with Crippen LogP contribution in [0.4, 0.5) is 0 Å². The molecule has 0 saturated heterocycles. The first-order chi connectivity index (χ1) is 14.2. The van der Waals surface area contributed by atoms with E-state index in [4.69, 9.17) is 11.6 Å². The molecule has 0 saturated carbocycles. The number of halogens is 1. The van der Waals surface area contributed by atoms with Crippen LogP contribution in [-0.2, 0) is 0 Å². The molecule has 0 fully saturated rings. The molecule has 0 unspecified atom stereocenters. The number of carbonyl (C=O) groups is 1. The summed E-state index contributed by atoms with van der Waals surface area (Å²) in [4.78, 5) is 14.9. The number of aromatic nitrogens is 1. The first-order valence-corrected chi connectivity index (χ1v) is 10.2. The molecular weight excluding hydrogens is 400 g/mol. The summed E-state index contributed by atoms with van der Waals surface area (Å²) < 4.78 is 1.82. The van der Waals surface area contributed by atoms with Crippen molar-refractivity contribution in [3.05, 3.63) is 100 Å². The minimum absolute atomic E-state index is 0.0954. The molecule has 0 radical (unpaired) electrons. The van der Waals surface area contributed by atoms with Crippen molar-refractivity contribution in [1.29, 1.82) is 5.26 Å². The van der Waals surface area contributed by atoms with Crippen LogP contribution < -0.4 is 0 Å². The summed E-state index contributed by atoms with van der Waals surface area (Å²) in [5.41, 5.74) is 2.78. The fourth-order valence-electron chi connectivity index (χ4n) is 3.58. The molecule has 3 heterocycles. The van der Waals surface area contributed by atoms with Gasteiger partial charge in [-0.1, -0.05) is 48.0 Å². The van der Waals surface area contributed by atoms with Gasteiger partial charge in [-0.3, -0.25) is 4.79 Å². The van der Waals surface area contributed by atoms with Crippen LogP contribution in [0.1, 0.15) is 20.9 Å². The molecule has 0 bridgehead atoms. The van der Waals surface area contributed by atoms with Gasteiger partial charge < -0.3 is 4.40 Å². The van der Waals surface area contributed by atoms with Crippen LogP contribution in [0.2, 0.25) is 5.02 Å². The summed E-state index contributed by atoms with van der Waals surface area (Å²) in [7, 11) is 0. The molecular formula is C24H13ClN2OS. The molecule has 5 rings (SSSR count). The van der Waals surface area contributed by atoms with Crippen LogP contribution in [0, 0.1) is 11.3 Å². The maximum atomic E-state index is 13.3. The first kappa shape index (κ1) is 17.7. The molecule has 5 heteroatoms. The molecule has 0 aliphatic heterocycles. The standard InChI is InChI=1S/C24H13ClN2OS/c25-18-7-5-16(6-8-18)21-9-10-22(29-21)24(28)20-13-17(14-26)23-19-4-2-1-3-15(19)11-12-27(20)23/h1-13H. The average molecular weight is 413 g/mol. The molecule has 29 heavy (non-hydrogen) atoms. The normalized spacial score (nSPS) is 11.0. The SMILES string of the molecule is N#Cc1cc(C(=O)c2ccc(-c3ccc(Cl)cc3)s2)n2ccc3ccccc3c12. The zero-order valence-corrected chi connectivity index (χ0v) is 16.7. The maximum Gasteiger partial charge on any atom is 0.219 e. The number of pyridine rings is 1. The number of carbonyl (C=O) groups excluding carboxylic acids is 1. The van der Waals surface area contributed by atoms with Gasteiger partial charge in [0.2, 0.25) is 5.78 Å². The predicted molar refractivity (Wildman–Crippen MR) is 118 cm³/mol. The molecule has 2 aromatic carbocycles. The highest BCUT2D eigenvalue weighted by Crippen LogP contribution is 2.32. The Balaban J connectivity index is 1.63. The number of nitrogens with zero attached hydrogens (tertiary/aromatic N) is 2. The maximum absolute atomic E-state index is 13.3. The van der Waals surface area contributed by atoms with E-state index in [1.807, 2.05) is 77.3 Å². The Morgan fingerprint density at radius 3 is 2.59 bits per heavy atom. The Bertz CT molecular complexity index is 1440. The monoisotopic (exact) mass is 412 g/mol. The topological polar surface area (TPSA) is 45.3 Å². The second-order valence-electron chi connectivity index (χ2n) is 6.68. The van der Waals surface area contributed by atoms with Crippen LogP contribution in [0.25, 0.3) is 26.7 Å². The van der Waals surface area contributed by atoms with Crippen molar-refractivity contribution in [1.82, 2.24) is 4.40 Å². The van der Waals surface area contributed by atoms with Crippen LogP contribution in [0.3, 0.4) is 0 Å². The van der Waals surface area contributed by atoms with Gasteiger partial charge in [0, 0.05) is 21.5 Å². The van der Waals surface area contributed by atoms with Crippen LogP contribution in [-0.4, -0.2) is 10.2 Å². The molecule has 0 amide bonds. The lowest BCUT2D eigenvalue weighted by molar-refractivity contribution is 0.103. The number of hydrogen-bond donors (Lipinski definition) is 0. The lowest BCUT2D eigenvalue weighted by atomic mass is 10.1. The van der Waals surface area contributed by atoms with Crippen molar-refractivity contribution in [3.8, 4) is 16.5 Å². The Labute approximate surface area is 176 Å². The Kier molecular flexibility index (Phi) is 4.21. The largest absolute Gasteiger partial charge is 0.312 e. The summed E-state index contributed by atoms with van der Waals surface area (Å²) in [6, 6.07) is 25.1. The van der Waals surface area contributed by atoms with Gasteiger partial charge in [0.05, 0.1) is 21.7 Å². The van der Waals surface area contributed by atoms with Gasteiger partial charge in [0.15, 0.2) is 0 Å². The Morgan fingerprint density at radius 2 is 1.79 bits per heavy atom. The van der Waals surface area contributed by atoms with Gasteiger partial charge in [-0.05, 0) is 47.3 Å². The highest BCUT2D eigenvalue weighted by atomic mass is 35.5. The number of benzene rings is 2. The molecule has 0 aliphatic rings. The zero-order chi connectivity index (χ0) is 20.0. The number of nitriles is 1. The van der Waals surface area contributed by atoms with E-state index in [0.29, 0.717) is 21.2 Å². The minimum atomic E-state index is -0.0954. The summed E-state index contributed by atoms with van der Waals surface area (Å²) in [5, 5.41) is 12.3. The number of hydrogen-bond acceptors (Lipinski definition) is 3. The van der Waals surface area contributed by atoms with E-state index in [-0.39, 0.29) is 5.78 Å². The second kappa shape index (κ2) is 6.89. The summed E-state index contributed by atoms with van der Waals surface area (Å²) >= 11 is 7.40. The van der Waals surface area contributed by atoms with E-state index in [1.54, 1.807) is 6.07 Å². The third-order valence-electron chi connectivity index (χ3n) is 4.97. The van der Waals surface area contributed by atoms with E-state index in [9.17, 15) is 10.1 Å². The average Bonchev–Trinajstić information content (AvgIpc) is 3.39. The Morgan fingerprint density at radius 1 is 1.00 bits per heavy atom. The van der Waals surface area contributed by atoms with Gasteiger partial charge in [-0.15, -0.1) is 11.3 Å². The quantitative estimate of drug-likeness (QED) is 0.314. The van der Waals surface area contributed by atoms with Crippen molar-refractivity contribution in [3.63, 3.8) is 0 Å². The van der Waals surface area contributed by atoms with Crippen LogP contribution in [0.5, 0.6) is 0 Å². The fourth-order valence-corrected chi connectivity index (χ4v) is 4.67. The second-order valence-corrected chi connectivity index (χ2v) is 8.20. The van der Waals surface area contributed by atoms with Crippen LogP contribution >= 0.6 is 22.9 Å². The molecule has 0 spiro atoms. The van der Waals surface area contributed by atoms with Gasteiger partial charge in [-0.25, -0.2) is 0 Å². The van der Waals surface area contributed by atoms with Crippen molar-refractivity contribution in [2.75, 3.05) is 0 Å². The molecule has 3 aromatic heterocycles. The summed E-state index contributed by atoms with van der Waals surface area (Å²) in [6.07, 6.45) is 1.86. The zero-order valence-electron chi connectivity index (χ0n) is 15.1. The molecule has 138 valence electrons. The highest BCUT2D eigenvalue weighted by Gasteiger charge is 2.20. The third-order valence-corrected chi connectivity index (χ3v) is 6.35. The smallest absolute Gasteiger partial charge is 0.219 e. The number of fused-ring (bicyclic) bond motifs is 3. The van der Waals surface area contributed by atoms with Crippen LogP contribution in [0.15, 0.2) is 79.0 Å². The van der Waals surface area contributed by atoms with Gasteiger partial charge in [0.25, 0.3) is 0 Å². The fraction of sp³-hybridized carbons (Fsp3) is 0. The van der Waals surface area contributed by atoms with E-state index < -0.39 is 0 Å². The number of ketones is 1. The number of thiophene rings is 1. The number of rotatable bonds is 3. The molecule has 0 atom stereocenters. The van der Waals surface area contributed by atoms with E-state index >= 15 is 0 Å². The molecule has 5 aromatic rings. The lowest BCUT2D eigenvalue weighted by Crippen LogP contribution is -2.03. The lowest BCUT2D eigenvalue weighted by Gasteiger charge is -2.04. The van der Waals surface area contributed by atoms with Gasteiger partial charge >= 0.3 is 0 Å². The highest BCUT2D eigenvalue weighted by molar-refractivity contribution is 7.17. The van der Waals surface area contributed by atoms with Gasteiger partial charge in [-0.2, -0.15) is 5.26 Å². The summed E-state index contributed by atoms with van der Waals surface area (Å²) in [6.45, 7) is 0. The third kappa shape index (κ3) is 2.92. The first-order valence-electron chi connectivity index (χ1n) is 8.99. The van der Waals surface area contributed by atoms with Crippen molar-refractivity contribution >= 4 is 45.0 Å². The molecule has 0 N–H and O–H groups in total. The van der Waals surface area contributed by atoms with E-state index in [0.717, 1.165) is 26.7 Å². The van der Waals surface area contributed by atoms with Crippen molar-refractivity contribution in [2.45, 2.75) is 0 Å².